The van der Waals surface area contributed by atoms with E-state index in [0.717, 1.165) is 16.6 Å². The molecule has 0 saturated heterocycles. The van der Waals surface area contributed by atoms with Crippen LogP contribution in [0.5, 0.6) is 0 Å². The molecule has 1 N–H and O–H groups in total. The van der Waals surface area contributed by atoms with Crippen molar-refractivity contribution >= 4 is 50.0 Å². The Labute approximate surface area is 195 Å². The average molecular weight is 488 g/mol. The van der Waals surface area contributed by atoms with Crippen LogP contribution in [0, 0.1) is 0 Å². The Morgan fingerprint density at radius 1 is 1.03 bits per heavy atom. The minimum atomic E-state index is -3.98. The number of aromatic nitrogens is 2. The molecule has 4 rings (SSSR count). The number of sulfonamides is 1. The van der Waals surface area contributed by atoms with Crippen molar-refractivity contribution in [3.63, 3.8) is 0 Å². The summed E-state index contributed by atoms with van der Waals surface area (Å²) in [7, 11) is -3.98. The van der Waals surface area contributed by atoms with Crippen molar-refractivity contribution in [1.82, 2.24) is 14.5 Å². The Balaban J connectivity index is 1.70. The van der Waals surface area contributed by atoms with Crippen molar-refractivity contribution in [2.45, 2.75) is 24.8 Å². The van der Waals surface area contributed by atoms with Crippen molar-refractivity contribution in [3.8, 4) is 0 Å². The second-order valence-electron chi connectivity index (χ2n) is 7.17. The van der Waals surface area contributed by atoms with Crippen LogP contribution in [-0.2, 0) is 23.0 Å². The van der Waals surface area contributed by atoms with E-state index in [0.29, 0.717) is 28.5 Å². The molecular formula is C23H19Cl2N3O3S. The van der Waals surface area contributed by atoms with Gasteiger partial charge in [-0.3, -0.25) is 9.48 Å². The first-order valence-corrected chi connectivity index (χ1v) is 12.1. The van der Waals surface area contributed by atoms with Crippen LogP contribution in [0.2, 0.25) is 10.0 Å². The molecule has 1 aromatic heterocycles. The van der Waals surface area contributed by atoms with E-state index in [1.807, 2.05) is 13.0 Å². The lowest BCUT2D eigenvalue weighted by atomic mass is 10.1. The molecular weight excluding hydrogens is 469 g/mol. The highest BCUT2D eigenvalue weighted by Crippen LogP contribution is 2.26. The number of carbonyl (C=O) groups excluding carboxylic acids is 1. The van der Waals surface area contributed by atoms with Gasteiger partial charge in [0.05, 0.1) is 22.7 Å². The van der Waals surface area contributed by atoms with E-state index in [1.165, 1.54) is 12.1 Å². The molecule has 0 bridgehead atoms. The molecule has 0 aliphatic rings. The first-order chi connectivity index (χ1) is 15.3. The zero-order valence-corrected chi connectivity index (χ0v) is 19.4. The van der Waals surface area contributed by atoms with E-state index >= 15 is 0 Å². The van der Waals surface area contributed by atoms with Crippen molar-refractivity contribution in [1.29, 1.82) is 0 Å². The Bertz CT molecular complexity index is 1420. The van der Waals surface area contributed by atoms with Gasteiger partial charge in [-0.2, -0.15) is 5.10 Å². The molecule has 0 saturated carbocycles. The van der Waals surface area contributed by atoms with Gasteiger partial charge in [0.15, 0.2) is 0 Å². The molecule has 1 amide bonds. The molecule has 3 aromatic carbocycles. The van der Waals surface area contributed by atoms with Gasteiger partial charge >= 0.3 is 0 Å². The first kappa shape index (κ1) is 22.3. The summed E-state index contributed by atoms with van der Waals surface area (Å²) in [5.41, 5.74) is 2.61. The highest BCUT2D eigenvalue weighted by atomic mass is 35.5. The van der Waals surface area contributed by atoms with E-state index in [-0.39, 0.29) is 10.5 Å². The Kier molecular flexibility index (Phi) is 6.24. The van der Waals surface area contributed by atoms with Crippen LogP contribution in [0.4, 0.5) is 0 Å². The summed E-state index contributed by atoms with van der Waals surface area (Å²) in [4.78, 5) is 12.8. The molecule has 0 aliphatic carbocycles. The van der Waals surface area contributed by atoms with Gasteiger partial charge in [0.1, 0.15) is 0 Å². The van der Waals surface area contributed by atoms with Gasteiger partial charge in [0, 0.05) is 21.0 Å². The van der Waals surface area contributed by atoms with Crippen molar-refractivity contribution in [2.75, 3.05) is 0 Å². The maximum atomic E-state index is 12.8. The van der Waals surface area contributed by atoms with Crippen LogP contribution >= 0.6 is 23.2 Å². The molecule has 0 radical (unpaired) electrons. The zero-order chi connectivity index (χ0) is 22.9. The number of nitrogens with one attached hydrogen (secondary N) is 1. The summed E-state index contributed by atoms with van der Waals surface area (Å²) in [6, 6.07) is 18.0. The minimum absolute atomic E-state index is 0.0186. The fraction of sp³-hybridized carbons (Fsp3) is 0.130. The minimum Gasteiger partial charge on any atom is -0.268 e. The molecule has 1 heterocycles. The number of halogens is 2. The number of amides is 1. The highest BCUT2D eigenvalue weighted by Gasteiger charge is 2.20. The van der Waals surface area contributed by atoms with Gasteiger partial charge in [-0.05, 0) is 48.4 Å². The van der Waals surface area contributed by atoms with Gasteiger partial charge in [-0.1, -0.05) is 60.5 Å². The summed E-state index contributed by atoms with van der Waals surface area (Å²) < 4.78 is 28.9. The maximum absolute atomic E-state index is 12.8. The first-order valence-electron chi connectivity index (χ1n) is 9.84. The van der Waals surface area contributed by atoms with Crippen LogP contribution in [0.3, 0.4) is 0 Å². The molecule has 164 valence electrons. The number of hydrogen-bond donors (Lipinski definition) is 1. The third kappa shape index (κ3) is 4.50. The van der Waals surface area contributed by atoms with Crippen LogP contribution in [0.25, 0.3) is 10.9 Å². The summed E-state index contributed by atoms with van der Waals surface area (Å²) >= 11 is 12.3. The Morgan fingerprint density at radius 2 is 1.78 bits per heavy atom. The molecule has 0 atom stereocenters. The number of benzene rings is 3. The fourth-order valence-corrected chi connectivity index (χ4v) is 4.88. The van der Waals surface area contributed by atoms with Crippen molar-refractivity contribution < 1.29 is 13.2 Å². The Hall–Kier alpha value is -2.87. The monoisotopic (exact) mass is 487 g/mol. The number of carbonyl (C=O) groups is 1. The summed E-state index contributed by atoms with van der Waals surface area (Å²) in [6.07, 6.45) is 0.700. The van der Waals surface area contributed by atoms with Crippen molar-refractivity contribution in [2.24, 2.45) is 0 Å². The normalized spacial score (nSPS) is 11.6. The SMILES string of the molecule is CCc1nn(Cc2ccc(Cl)cc2Cl)c2cc(C(=O)NS(=O)(=O)c3ccccc3)ccc12. The molecule has 6 nitrogen and oxygen atoms in total. The predicted molar refractivity (Wildman–Crippen MR) is 126 cm³/mol. The predicted octanol–water partition coefficient (Wildman–Crippen LogP) is 5.07. The summed E-state index contributed by atoms with van der Waals surface area (Å²) in [5.74, 6) is -0.717. The zero-order valence-electron chi connectivity index (χ0n) is 17.0. The third-order valence-corrected chi connectivity index (χ3v) is 6.97. The number of fused-ring (bicyclic) bond motifs is 1. The summed E-state index contributed by atoms with van der Waals surface area (Å²) in [5, 5.41) is 6.61. The second-order valence-corrected chi connectivity index (χ2v) is 9.70. The van der Waals surface area contributed by atoms with Gasteiger partial charge in [0.25, 0.3) is 15.9 Å². The van der Waals surface area contributed by atoms with Crippen molar-refractivity contribution in [3.05, 3.63) is 93.6 Å². The van der Waals surface area contributed by atoms with Gasteiger partial charge in [0.2, 0.25) is 0 Å². The Morgan fingerprint density at radius 3 is 2.47 bits per heavy atom. The fourth-order valence-electron chi connectivity index (χ4n) is 3.42. The lowest BCUT2D eigenvalue weighted by Gasteiger charge is -2.09. The molecule has 0 aliphatic heterocycles. The quantitative estimate of drug-likeness (QED) is 0.411. The lowest BCUT2D eigenvalue weighted by molar-refractivity contribution is 0.0981. The topological polar surface area (TPSA) is 81.1 Å². The molecule has 9 heteroatoms. The molecule has 0 spiro atoms. The smallest absolute Gasteiger partial charge is 0.265 e. The highest BCUT2D eigenvalue weighted by molar-refractivity contribution is 7.90. The van der Waals surface area contributed by atoms with Crippen LogP contribution < -0.4 is 4.72 Å². The second kappa shape index (κ2) is 8.94. The lowest BCUT2D eigenvalue weighted by Crippen LogP contribution is -2.30. The van der Waals surface area contributed by atoms with Crippen LogP contribution in [0.1, 0.15) is 28.5 Å². The summed E-state index contributed by atoms with van der Waals surface area (Å²) in [6.45, 7) is 2.37. The number of nitrogens with zero attached hydrogens (tertiary/aromatic N) is 2. The average Bonchev–Trinajstić information content (AvgIpc) is 3.13. The van der Waals surface area contributed by atoms with Gasteiger partial charge < -0.3 is 0 Å². The van der Waals surface area contributed by atoms with Crippen LogP contribution in [0.15, 0.2) is 71.6 Å². The largest absolute Gasteiger partial charge is 0.268 e. The van der Waals surface area contributed by atoms with Gasteiger partial charge in [-0.15, -0.1) is 0 Å². The van der Waals surface area contributed by atoms with E-state index in [1.54, 1.807) is 53.2 Å². The van der Waals surface area contributed by atoms with Crippen LogP contribution in [-0.4, -0.2) is 24.1 Å². The standard InChI is InChI=1S/C23H19Cl2N3O3S/c1-2-21-19-11-9-15(23(29)27-32(30,31)18-6-4-3-5-7-18)12-22(19)28(26-21)14-16-8-10-17(24)13-20(16)25/h3-13H,2,14H2,1H3,(H,27,29). The third-order valence-electron chi connectivity index (χ3n) is 5.04. The number of rotatable bonds is 6. The van der Waals surface area contributed by atoms with E-state index in [9.17, 15) is 13.2 Å². The molecule has 0 unspecified atom stereocenters. The molecule has 4 aromatic rings. The van der Waals surface area contributed by atoms with Gasteiger partial charge in [-0.25, -0.2) is 13.1 Å². The van der Waals surface area contributed by atoms with E-state index < -0.39 is 15.9 Å². The molecule has 0 fully saturated rings. The maximum Gasteiger partial charge on any atom is 0.265 e. The van der Waals surface area contributed by atoms with E-state index in [4.69, 9.17) is 23.2 Å². The number of aryl methyl sites for hydroxylation is 1. The van der Waals surface area contributed by atoms with E-state index in [2.05, 4.69) is 9.82 Å². The number of hydrogen-bond acceptors (Lipinski definition) is 4. The molecule has 32 heavy (non-hydrogen) atoms.